The van der Waals surface area contributed by atoms with E-state index in [2.05, 4.69) is 24.0 Å². The number of aromatic nitrogens is 1. The SMILES string of the molecule is Cc1cccnc1CSc1cccc(CO)c1. The number of rotatable bonds is 4. The van der Waals surface area contributed by atoms with Crippen LogP contribution in [0.1, 0.15) is 16.8 Å². The van der Waals surface area contributed by atoms with Crippen molar-refractivity contribution >= 4 is 11.8 Å². The van der Waals surface area contributed by atoms with Gasteiger partial charge in [0.25, 0.3) is 0 Å². The quantitative estimate of drug-likeness (QED) is 0.840. The van der Waals surface area contributed by atoms with Crippen LogP contribution in [-0.2, 0) is 12.4 Å². The molecule has 0 unspecified atom stereocenters. The third-order valence-corrected chi connectivity index (χ3v) is 3.58. The summed E-state index contributed by atoms with van der Waals surface area (Å²) in [7, 11) is 0. The first-order chi connectivity index (χ1) is 8.29. The fourth-order valence-corrected chi connectivity index (χ4v) is 2.57. The van der Waals surface area contributed by atoms with E-state index in [4.69, 9.17) is 5.11 Å². The van der Waals surface area contributed by atoms with Gasteiger partial charge in [0.15, 0.2) is 0 Å². The number of nitrogens with zero attached hydrogens (tertiary/aromatic N) is 1. The van der Waals surface area contributed by atoms with E-state index in [0.717, 1.165) is 17.0 Å². The Bertz CT molecular complexity index is 499. The zero-order chi connectivity index (χ0) is 12.1. The van der Waals surface area contributed by atoms with Gasteiger partial charge in [-0.1, -0.05) is 18.2 Å². The van der Waals surface area contributed by atoms with Gasteiger partial charge in [0, 0.05) is 16.8 Å². The highest BCUT2D eigenvalue weighted by Gasteiger charge is 2.01. The molecule has 2 nitrogen and oxygen atoms in total. The van der Waals surface area contributed by atoms with Gasteiger partial charge in [-0.15, -0.1) is 11.8 Å². The van der Waals surface area contributed by atoms with Gasteiger partial charge >= 0.3 is 0 Å². The largest absolute Gasteiger partial charge is 0.392 e. The van der Waals surface area contributed by atoms with Gasteiger partial charge in [-0.05, 0) is 36.2 Å². The van der Waals surface area contributed by atoms with Gasteiger partial charge in [0.1, 0.15) is 0 Å². The third kappa shape index (κ3) is 3.32. The average Bonchev–Trinajstić information content (AvgIpc) is 2.38. The number of aliphatic hydroxyl groups is 1. The molecular weight excluding hydrogens is 230 g/mol. The zero-order valence-corrected chi connectivity index (χ0v) is 10.6. The maximum atomic E-state index is 9.07. The smallest absolute Gasteiger partial charge is 0.0682 e. The lowest BCUT2D eigenvalue weighted by Gasteiger charge is -2.05. The van der Waals surface area contributed by atoms with E-state index >= 15 is 0 Å². The summed E-state index contributed by atoms with van der Waals surface area (Å²) in [5.41, 5.74) is 3.29. The van der Waals surface area contributed by atoms with E-state index in [1.807, 2.05) is 30.5 Å². The number of aliphatic hydroxyl groups excluding tert-OH is 1. The molecule has 2 rings (SSSR count). The van der Waals surface area contributed by atoms with Crippen molar-refractivity contribution in [2.45, 2.75) is 24.2 Å². The van der Waals surface area contributed by atoms with E-state index < -0.39 is 0 Å². The zero-order valence-electron chi connectivity index (χ0n) is 9.76. The summed E-state index contributed by atoms with van der Waals surface area (Å²) < 4.78 is 0. The van der Waals surface area contributed by atoms with Crippen LogP contribution in [0.2, 0.25) is 0 Å². The monoisotopic (exact) mass is 245 g/mol. The second-order valence-electron chi connectivity index (χ2n) is 3.86. The van der Waals surface area contributed by atoms with Crippen molar-refractivity contribution in [2.24, 2.45) is 0 Å². The maximum Gasteiger partial charge on any atom is 0.0682 e. The van der Waals surface area contributed by atoms with Crippen molar-refractivity contribution in [3.8, 4) is 0 Å². The highest BCUT2D eigenvalue weighted by molar-refractivity contribution is 7.98. The lowest BCUT2D eigenvalue weighted by Crippen LogP contribution is -1.90. The molecule has 0 aliphatic rings. The molecule has 0 fully saturated rings. The van der Waals surface area contributed by atoms with Crippen LogP contribution >= 0.6 is 11.8 Å². The molecule has 3 heteroatoms. The second kappa shape index (κ2) is 5.84. The molecule has 1 N–H and O–H groups in total. The summed E-state index contributed by atoms with van der Waals surface area (Å²) in [6.07, 6.45) is 1.83. The summed E-state index contributed by atoms with van der Waals surface area (Å²) in [4.78, 5) is 5.53. The summed E-state index contributed by atoms with van der Waals surface area (Å²) in [6, 6.07) is 12.0. The number of thioether (sulfide) groups is 1. The Hall–Kier alpha value is -1.32. The van der Waals surface area contributed by atoms with Crippen LogP contribution in [0.4, 0.5) is 0 Å². The van der Waals surface area contributed by atoms with Crippen LogP contribution in [0.25, 0.3) is 0 Å². The molecule has 0 spiro atoms. The van der Waals surface area contributed by atoms with Gasteiger partial charge in [0.05, 0.1) is 12.3 Å². The van der Waals surface area contributed by atoms with Gasteiger partial charge in [-0.3, -0.25) is 4.98 Å². The summed E-state index contributed by atoms with van der Waals surface area (Å²) in [6.45, 7) is 2.17. The first kappa shape index (κ1) is 12.1. The number of aryl methyl sites for hydroxylation is 1. The predicted octanol–water partition coefficient (Wildman–Crippen LogP) is 3.17. The van der Waals surface area contributed by atoms with E-state index in [1.54, 1.807) is 11.8 Å². The Labute approximate surface area is 106 Å². The van der Waals surface area contributed by atoms with E-state index in [9.17, 15) is 0 Å². The first-order valence-electron chi connectivity index (χ1n) is 5.52. The number of benzene rings is 1. The summed E-state index contributed by atoms with van der Waals surface area (Å²) in [5, 5.41) is 9.07. The minimum Gasteiger partial charge on any atom is -0.392 e. The second-order valence-corrected chi connectivity index (χ2v) is 4.91. The molecule has 0 radical (unpaired) electrons. The molecule has 0 atom stereocenters. The van der Waals surface area contributed by atoms with Gasteiger partial charge in [-0.2, -0.15) is 0 Å². The van der Waals surface area contributed by atoms with Crippen molar-refractivity contribution in [2.75, 3.05) is 0 Å². The lowest BCUT2D eigenvalue weighted by atomic mass is 10.2. The van der Waals surface area contributed by atoms with Crippen LogP contribution < -0.4 is 0 Å². The van der Waals surface area contributed by atoms with Crippen LogP contribution in [0.3, 0.4) is 0 Å². The van der Waals surface area contributed by atoms with Gasteiger partial charge in [-0.25, -0.2) is 0 Å². The van der Waals surface area contributed by atoms with Gasteiger partial charge < -0.3 is 5.11 Å². The molecule has 88 valence electrons. The predicted molar refractivity (Wildman–Crippen MR) is 70.9 cm³/mol. The van der Waals surface area contributed by atoms with Crippen molar-refractivity contribution in [3.63, 3.8) is 0 Å². The Morgan fingerprint density at radius 1 is 1.24 bits per heavy atom. The third-order valence-electron chi connectivity index (χ3n) is 2.57. The van der Waals surface area contributed by atoms with Crippen LogP contribution in [0.15, 0.2) is 47.5 Å². The Morgan fingerprint density at radius 2 is 2.12 bits per heavy atom. The lowest BCUT2D eigenvalue weighted by molar-refractivity contribution is 0.281. The molecule has 0 aliphatic carbocycles. The highest BCUT2D eigenvalue weighted by atomic mass is 32.2. The standard InChI is InChI=1S/C14H15NOS/c1-11-4-3-7-15-14(11)10-17-13-6-2-5-12(8-13)9-16/h2-8,16H,9-10H2,1H3. The molecule has 0 bridgehead atoms. The van der Waals surface area contributed by atoms with Crippen molar-refractivity contribution in [3.05, 3.63) is 59.4 Å². The Morgan fingerprint density at radius 3 is 2.88 bits per heavy atom. The van der Waals surface area contributed by atoms with Gasteiger partial charge in [0.2, 0.25) is 0 Å². The van der Waals surface area contributed by atoms with E-state index in [1.165, 1.54) is 10.5 Å². The molecule has 0 aliphatic heterocycles. The van der Waals surface area contributed by atoms with Crippen LogP contribution in [0.5, 0.6) is 0 Å². The fourth-order valence-electron chi connectivity index (χ4n) is 1.55. The summed E-state index contributed by atoms with van der Waals surface area (Å²) in [5.74, 6) is 0.863. The van der Waals surface area contributed by atoms with Crippen LogP contribution in [-0.4, -0.2) is 10.1 Å². The summed E-state index contributed by atoms with van der Waals surface area (Å²) >= 11 is 1.74. The number of hydrogen-bond donors (Lipinski definition) is 1. The number of hydrogen-bond acceptors (Lipinski definition) is 3. The molecule has 1 aromatic heterocycles. The number of pyridine rings is 1. The minimum atomic E-state index is 0.0943. The molecule has 0 saturated heterocycles. The first-order valence-corrected chi connectivity index (χ1v) is 6.51. The molecule has 1 heterocycles. The topological polar surface area (TPSA) is 33.1 Å². The highest BCUT2D eigenvalue weighted by Crippen LogP contribution is 2.23. The molecule has 0 saturated carbocycles. The maximum absolute atomic E-state index is 9.07. The Balaban J connectivity index is 2.05. The van der Waals surface area contributed by atoms with Crippen molar-refractivity contribution in [1.82, 2.24) is 4.98 Å². The van der Waals surface area contributed by atoms with E-state index in [0.29, 0.717) is 0 Å². The fraction of sp³-hybridized carbons (Fsp3) is 0.214. The van der Waals surface area contributed by atoms with E-state index in [-0.39, 0.29) is 6.61 Å². The van der Waals surface area contributed by atoms with Crippen LogP contribution in [0, 0.1) is 6.92 Å². The molecule has 2 aromatic rings. The minimum absolute atomic E-state index is 0.0943. The normalized spacial score (nSPS) is 10.5. The molecule has 17 heavy (non-hydrogen) atoms. The molecule has 1 aromatic carbocycles. The molecule has 0 amide bonds. The average molecular weight is 245 g/mol. The molecular formula is C14H15NOS. The Kier molecular flexibility index (Phi) is 4.18. The van der Waals surface area contributed by atoms with Crippen molar-refractivity contribution in [1.29, 1.82) is 0 Å². The van der Waals surface area contributed by atoms with Crippen molar-refractivity contribution < 1.29 is 5.11 Å².